The molecule has 1 unspecified atom stereocenters. The van der Waals surface area contributed by atoms with E-state index in [1.54, 1.807) is 7.11 Å². The molecule has 0 saturated carbocycles. The molecule has 0 fully saturated rings. The van der Waals surface area contributed by atoms with E-state index in [-0.39, 0.29) is 5.97 Å². The SMILES string of the molecule is CCN1C=CN(CCOCCOCCOCCOCCOCCOCCOC)C1OC(C)=O. The van der Waals surface area contributed by atoms with E-state index in [4.69, 9.17) is 37.9 Å². The third-order valence-electron chi connectivity index (χ3n) is 4.44. The van der Waals surface area contributed by atoms with E-state index in [1.165, 1.54) is 6.92 Å². The summed E-state index contributed by atoms with van der Waals surface area (Å²) in [6.45, 7) is 11.7. The smallest absolute Gasteiger partial charge is 0.305 e. The van der Waals surface area contributed by atoms with Crippen molar-refractivity contribution >= 4 is 5.97 Å². The standard InChI is InChI=1S/C22H42N2O9/c1-4-23-5-6-24(22(23)33-21(2)25)7-8-27-11-12-29-15-16-31-19-20-32-18-17-30-14-13-28-10-9-26-3/h5-6,22H,4,7-20H2,1-3H3. The summed E-state index contributed by atoms with van der Waals surface area (Å²) >= 11 is 0. The van der Waals surface area contributed by atoms with E-state index in [2.05, 4.69) is 0 Å². The molecule has 33 heavy (non-hydrogen) atoms. The molecule has 194 valence electrons. The Balaban J connectivity index is 1.80. The van der Waals surface area contributed by atoms with Gasteiger partial charge in [-0.1, -0.05) is 0 Å². The molecule has 11 heteroatoms. The number of ether oxygens (including phenoxy) is 8. The van der Waals surface area contributed by atoms with Crippen LogP contribution in [0, 0.1) is 0 Å². The molecule has 0 radical (unpaired) electrons. The van der Waals surface area contributed by atoms with Crippen molar-refractivity contribution in [3.05, 3.63) is 12.4 Å². The van der Waals surface area contributed by atoms with Gasteiger partial charge in [-0.3, -0.25) is 4.79 Å². The predicted molar refractivity (Wildman–Crippen MR) is 121 cm³/mol. The van der Waals surface area contributed by atoms with Gasteiger partial charge in [-0.15, -0.1) is 0 Å². The van der Waals surface area contributed by atoms with E-state index in [0.717, 1.165) is 6.54 Å². The van der Waals surface area contributed by atoms with Crippen LogP contribution in [-0.2, 0) is 42.7 Å². The highest BCUT2D eigenvalue weighted by Gasteiger charge is 2.27. The molecule has 0 aliphatic carbocycles. The second-order valence-corrected chi connectivity index (χ2v) is 6.97. The van der Waals surface area contributed by atoms with Crippen molar-refractivity contribution in [3.8, 4) is 0 Å². The second-order valence-electron chi connectivity index (χ2n) is 6.97. The van der Waals surface area contributed by atoms with Crippen LogP contribution in [-0.4, -0.2) is 128 Å². The van der Waals surface area contributed by atoms with Gasteiger partial charge in [0, 0.05) is 39.5 Å². The van der Waals surface area contributed by atoms with Crippen molar-refractivity contribution < 1.29 is 42.7 Å². The molecular weight excluding hydrogens is 436 g/mol. The number of carbonyl (C=O) groups is 1. The Hall–Kier alpha value is -1.47. The largest absolute Gasteiger partial charge is 0.423 e. The van der Waals surface area contributed by atoms with Crippen LogP contribution >= 0.6 is 0 Å². The van der Waals surface area contributed by atoms with Crippen LogP contribution < -0.4 is 0 Å². The van der Waals surface area contributed by atoms with Crippen molar-refractivity contribution in [3.63, 3.8) is 0 Å². The fourth-order valence-electron chi connectivity index (χ4n) is 2.75. The minimum atomic E-state index is -0.396. The zero-order valence-corrected chi connectivity index (χ0v) is 20.4. The summed E-state index contributed by atoms with van der Waals surface area (Å²) in [7, 11) is 1.64. The Bertz CT molecular complexity index is 496. The average molecular weight is 479 g/mol. The van der Waals surface area contributed by atoms with Crippen molar-refractivity contribution in [1.29, 1.82) is 0 Å². The topological polar surface area (TPSA) is 97.4 Å². The molecule has 0 N–H and O–H groups in total. The van der Waals surface area contributed by atoms with Gasteiger partial charge in [0.25, 0.3) is 6.35 Å². The normalized spacial score (nSPS) is 15.5. The molecule has 0 bridgehead atoms. The molecule has 0 amide bonds. The quantitative estimate of drug-likeness (QED) is 0.153. The second kappa shape index (κ2) is 21.1. The third-order valence-corrected chi connectivity index (χ3v) is 4.44. The number of carbonyl (C=O) groups excluding carboxylic acids is 1. The van der Waals surface area contributed by atoms with Crippen LogP contribution in [0.2, 0.25) is 0 Å². The molecule has 0 aromatic heterocycles. The first-order chi connectivity index (χ1) is 16.2. The van der Waals surface area contributed by atoms with Crippen molar-refractivity contribution in [2.24, 2.45) is 0 Å². The lowest BCUT2D eigenvalue weighted by Gasteiger charge is -2.30. The summed E-state index contributed by atoms with van der Waals surface area (Å²) in [4.78, 5) is 15.2. The van der Waals surface area contributed by atoms with E-state index < -0.39 is 6.35 Å². The van der Waals surface area contributed by atoms with E-state index in [1.807, 2.05) is 29.1 Å². The number of esters is 1. The van der Waals surface area contributed by atoms with Gasteiger partial charge in [0.15, 0.2) is 0 Å². The van der Waals surface area contributed by atoms with Crippen molar-refractivity contribution in [2.45, 2.75) is 20.2 Å². The fraction of sp³-hybridized carbons (Fsp3) is 0.864. The molecule has 0 aromatic carbocycles. The molecule has 1 rings (SSSR count). The van der Waals surface area contributed by atoms with Crippen LogP contribution in [0.1, 0.15) is 13.8 Å². The first-order valence-corrected chi connectivity index (χ1v) is 11.5. The number of rotatable bonds is 23. The Morgan fingerprint density at radius 1 is 0.667 bits per heavy atom. The molecule has 0 aromatic rings. The number of hydrogen-bond donors (Lipinski definition) is 0. The zero-order valence-electron chi connectivity index (χ0n) is 20.4. The summed E-state index contributed by atoms with van der Waals surface area (Å²) in [5, 5.41) is 0. The number of hydrogen-bond acceptors (Lipinski definition) is 11. The zero-order chi connectivity index (χ0) is 24.0. The number of nitrogens with zero attached hydrogens (tertiary/aromatic N) is 2. The fourth-order valence-corrected chi connectivity index (χ4v) is 2.75. The third kappa shape index (κ3) is 15.9. The van der Waals surface area contributed by atoms with Gasteiger partial charge in [-0.05, 0) is 6.92 Å². The Kier molecular flexibility index (Phi) is 18.9. The van der Waals surface area contributed by atoms with Gasteiger partial charge >= 0.3 is 5.97 Å². The van der Waals surface area contributed by atoms with Crippen LogP contribution in [0.4, 0.5) is 0 Å². The molecule has 1 aliphatic rings. The summed E-state index contributed by atoms with van der Waals surface area (Å²) in [5.41, 5.74) is 0. The minimum Gasteiger partial charge on any atom is -0.423 e. The highest BCUT2D eigenvalue weighted by Crippen LogP contribution is 2.16. The molecule has 0 saturated heterocycles. The highest BCUT2D eigenvalue weighted by molar-refractivity contribution is 5.66. The van der Waals surface area contributed by atoms with Crippen molar-refractivity contribution in [1.82, 2.24) is 9.80 Å². The first-order valence-electron chi connectivity index (χ1n) is 11.5. The summed E-state index contributed by atoms with van der Waals surface area (Å²) in [5.74, 6) is -0.306. The maximum atomic E-state index is 11.3. The minimum absolute atomic E-state index is 0.306. The summed E-state index contributed by atoms with van der Waals surface area (Å²) in [6.07, 6.45) is 3.43. The molecule has 11 nitrogen and oxygen atoms in total. The maximum absolute atomic E-state index is 11.3. The summed E-state index contributed by atoms with van der Waals surface area (Å²) < 4.78 is 42.9. The lowest BCUT2D eigenvalue weighted by Crippen LogP contribution is -2.43. The highest BCUT2D eigenvalue weighted by atomic mass is 16.6. The first kappa shape index (κ1) is 29.6. The van der Waals surface area contributed by atoms with Crippen molar-refractivity contribution in [2.75, 3.05) is 106 Å². The van der Waals surface area contributed by atoms with Gasteiger partial charge in [-0.2, -0.15) is 0 Å². The van der Waals surface area contributed by atoms with E-state index in [0.29, 0.717) is 92.4 Å². The Morgan fingerprint density at radius 3 is 1.45 bits per heavy atom. The van der Waals surface area contributed by atoms with Crippen LogP contribution in [0.25, 0.3) is 0 Å². The van der Waals surface area contributed by atoms with Gasteiger partial charge in [-0.25, -0.2) is 0 Å². The Labute approximate surface area is 197 Å². The van der Waals surface area contributed by atoms with E-state index in [9.17, 15) is 4.79 Å². The van der Waals surface area contributed by atoms with Gasteiger partial charge < -0.3 is 47.7 Å². The summed E-state index contributed by atoms with van der Waals surface area (Å²) in [6, 6.07) is 0. The Morgan fingerprint density at radius 2 is 1.06 bits per heavy atom. The lowest BCUT2D eigenvalue weighted by molar-refractivity contribution is -0.166. The van der Waals surface area contributed by atoms with Gasteiger partial charge in [0.1, 0.15) is 0 Å². The van der Waals surface area contributed by atoms with Crippen LogP contribution in [0.3, 0.4) is 0 Å². The van der Waals surface area contributed by atoms with E-state index >= 15 is 0 Å². The molecule has 1 aliphatic heterocycles. The predicted octanol–water partition coefficient (Wildman–Crippen LogP) is 0.688. The maximum Gasteiger partial charge on any atom is 0.305 e. The van der Waals surface area contributed by atoms with Crippen LogP contribution in [0.5, 0.6) is 0 Å². The average Bonchev–Trinajstić information content (AvgIpc) is 3.18. The van der Waals surface area contributed by atoms with Gasteiger partial charge in [0.05, 0.1) is 85.9 Å². The molecule has 1 atom stereocenters. The lowest BCUT2D eigenvalue weighted by atomic mass is 10.5. The molecule has 1 heterocycles. The van der Waals surface area contributed by atoms with Crippen LogP contribution in [0.15, 0.2) is 12.4 Å². The number of methoxy groups -OCH3 is 1. The molecule has 0 spiro atoms. The molecular formula is C22H42N2O9. The monoisotopic (exact) mass is 478 g/mol. The van der Waals surface area contributed by atoms with Gasteiger partial charge in [0.2, 0.25) is 0 Å².